The van der Waals surface area contributed by atoms with E-state index in [2.05, 4.69) is 158 Å². The zero-order valence-electron chi connectivity index (χ0n) is 30.3. The summed E-state index contributed by atoms with van der Waals surface area (Å²) in [6.07, 6.45) is 0. The number of nitrogens with zero attached hydrogens (tertiary/aromatic N) is 4. The lowest BCUT2D eigenvalue weighted by atomic mass is 9.85. The molecule has 0 amide bonds. The topological polar surface area (TPSA) is 62.5 Å². The molecule has 10 aromatic rings. The third kappa shape index (κ3) is 5.76. The van der Waals surface area contributed by atoms with Gasteiger partial charge in [0.05, 0.1) is 11.6 Å². The normalized spacial score (nSPS) is 11.2. The summed E-state index contributed by atoms with van der Waals surface area (Å²) in [6, 6.07) is 69.3. The number of hydrogen-bond donors (Lipinski definition) is 0. The van der Waals surface area contributed by atoms with Crippen LogP contribution in [0.25, 0.3) is 99.9 Å². The van der Waals surface area contributed by atoms with E-state index in [0.717, 1.165) is 60.7 Å². The summed E-state index contributed by atoms with van der Waals surface area (Å²) in [7, 11) is 0. The maximum Gasteiger partial charge on any atom is 0.165 e. The molecule has 0 bridgehead atoms. The summed E-state index contributed by atoms with van der Waals surface area (Å²) in [5.74, 6) is 1.78. The van der Waals surface area contributed by atoms with Gasteiger partial charge in [0.1, 0.15) is 0 Å². The molecule has 0 N–H and O–H groups in total. The Morgan fingerprint density at radius 1 is 0.339 bits per heavy atom. The van der Waals surface area contributed by atoms with Gasteiger partial charge in [0.25, 0.3) is 0 Å². The second-order valence-corrected chi connectivity index (χ2v) is 13.9. The van der Waals surface area contributed by atoms with Crippen molar-refractivity contribution in [2.24, 2.45) is 0 Å². The van der Waals surface area contributed by atoms with Crippen LogP contribution in [0.4, 0.5) is 0 Å². The van der Waals surface area contributed by atoms with Crippen LogP contribution in [0.15, 0.2) is 194 Å². The van der Waals surface area contributed by atoms with Crippen molar-refractivity contribution in [2.75, 3.05) is 0 Å². The fourth-order valence-corrected chi connectivity index (χ4v) is 7.95. The molecular formula is C52H32N4. The molecule has 0 atom stereocenters. The largest absolute Gasteiger partial charge is 0.208 e. The van der Waals surface area contributed by atoms with E-state index in [1.807, 2.05) is 42.5 Å². The molecule has 0 aliphatic carbocycles. The van der Waals surface area contributed by atoms with Gasteiger partial charge in [-0.05, 0) is 83.9 Å². The molecule has 0 aliphatic rings. The van der Waals surface area contributed by atoms with Crippen LogP contribution in [0.1, 0.15) is 5.56 Å². The summed E-state index contributed by atoms with van der Waals surface area (Å²) in [6.45, 7) is 0. The van der Waals surface area contributed by atoms with Crippen molar-refractivity contribution in [3.05, 3.63) is 200 Å². The van der Waals surface area contributed by atoms with Gasteiger partial charge in [-0.25, -0.2) is 15.0 Å². The Kier molecular flexibility index (Phi) is 8.17. The summed E-state index contributed by atoms with van der Waals surface area (Å²) in [5.41, 5.74) is 9.88. The molecule has 10 rings (SSSR count). The first-order valence-electron chi connectivity index (χ1n) is 18.7. The smallest absolute Gasteiger partial charge is 0.165 e. The minimum Gasteiger partial charge on any atom is -0.208 e. The number of benzene rings is 9. The van der Waals surface area contributed by atoms with Crippen LogP contribution in [0.3, 0.4) is 0 Å². The van der Waals surface area contributed by atoms with Crippen LogP contribution in [-0.4, -0.2) is 15.0 Å². The van der Waals surface area contributed by atoms with Gasteiger partial charge in [0, 0.05) is 16.7 Å². The Bertz CT molecular complexity index is 3130. The van der Waals surface area contributed by atoms with Gasteiger partial charge in [-0.3, -0.25) is 0 Å². The van der Waals surface area contributed by atoms with Gasteiger partial charge in [-0.15, -0.1) is 0 Å². The summed E-state index contributed by atoms with van der Waals surface area (Å²) in [5, 5.41) is 16.2. The fraction of sp³-hybridized carbons (Fsp3) is 0. The Balaban J connectivity index is 1.30. The quantitative estimate of drug-likeness (QED) is 0.127. The van der Waals surface area contributed by atoms with Crippen LogP contribution in [0, 0.1) is 11.3 Å². The van der Waals surface area contributed by atoms with Gasteiger partial charge >= 0.3 is 0 Å². The predicted octanol–water partition coefficient (Wildman–Crippen LogP) is 13.2. The fourth-order valence-electron chi connectivity index (χ4n) is 7.95. The van der Waals surface area contributed by atoms with E-state index >= 15 is 0 Å². The van der Waals surface area contributed by atoms with Crippen molar-refractivity contribution in [2.45, 2.75) is 0 Å². The highest BCUT2D eigenvalue weighted by atomic mass is 15.0. The number of aromatic nitrogens is 3. The zero-order valence-corrected chi connectivity index (χ0v) is 30.3. The van der Waals surface area contributed by atoms with Crippen LogP contribution in [0.5, 0.6) is 0 Å². The first kappa shape index (κ1) is 32.9. The van der Waals surface area contributed by atoms with E-state index < -0.39 is 0 Å². The van der Waals surface area contributed by atoms with Gasteiger partial charge < -0.3 is 0 Å². The van der Waals surface area contributed by atoms with Crippen LogP contribution < -0.4 is 0 Å². The zero-order chi connectivity index (χ0) is 37.4. The highest BCUT2D eigenvalue weighted by Gasteiger charge is 2.23. The van der Waals surface area contributed by atoms with Gasteiger partial charge in [-0.2, -0.15) is 5.26 Å². The number of hydrogen-bond acceptors (Lipinski definition) is 4. The van der Waals surface area contributed by atoms with Gasteiger partial charge in [0.2, 0.25) is 0 Å². The molecule has 9 aromatic carbocycles. The van der Waals surface area contributed by atoms with E-state index in [0.29, 0.717) is 23.0 Å². The molecule has 0 saturated carbocycles. The average Bonchev–Trinajstić information content (AvgIpc) is 3.28. The molecule has 260 valence electrons. The van der Waals surface area contributed by atoms with E-state index in [1.165, 1.54) is 21.7 Å². The minimum atomic E-state index is 0.577. The van der Waals surface area contributed by atoms with E-state index in [4.69, 9.17) is 15.0 Å². The lowest BCUT2D eigenvalue weighted by Gasteiger charge is -2.19. The minimum absolute atomic E-state index is 0.577. The van der Waals surface area contributed by atoms with Crippen LogP contribution in [0.2, 0.25) is 0 Å². The third-order valence-electron chi connectivity index (χ3n) is 10.6. The maximum absolute atomic E-state index is 9.41. The third-order valence-corrected chi connectivity index (χ3v) is 10.6. The van der Waals surface area contributed by atoms with Crippen molar-refractivity contribution >= 4 is 32.3 Å². The van der Waals surface area contributed by atoms with Crippen LogP contribution >= 0.6 is 0 Å². The molecule has 0 spiro atoms. The average molecular weight is 713 g/mol. The molecule has 0 aliphatic heterocycles. The second kappa shape index (κ2) is 13.9. The molecule has 56 heavy (non-hydrogen) atoms. The molecule has 0 fully saturated rings. The summed E-state index contributed by atoms with van der Waals surface area (Å²) >= 11 is 0. The molecule has 0 radical (unpaired) electrons. The first-order valence-corrected chi connectivity index (χ1v) is 18.7. The molecule has 4 heteroatoms. The first-order chi connectivity index (χ1) is 27.7. The van der Waals surface area contributed by atoms with Crippen LogP contribution in [-0.2, 0) is 0 Å². The number of nitriles is 1. The number of fused-ring (bicyclic) bond motifs is 4. The SMILES string of the molecule is N#Cc1ccc(-c2cccc(-c3nc(-c4ccccc4-c4ccccc4)nc(-c4c5ccccc5c(-c5ccccc5)c5c4ccc4ccccc45)n3)c2)cc1. The molecule has 1 heterocycles. The number of rotatable bonds is 6. The second-order valence-electron chi connectivity index (χ2n) is 13.9. The molecule has 0 saturated heterocycles. The van der Waals surface area contributed by atoms with Crippen molar-refractivity contribution in [3.8, 4) is 73.6 Å². The highest BCUT2D eigenvalue weighted by Crippen LogP contribution is 2.46. The standard InChI is InChI=1S/C52H32N4/c53-33-34-26-28-35(29-27-34)39-19-13-20-40(32-39)50-54-51(45-25-12-9-21-41(45)36-14-3-1-4-15-36)56-52(55-50)49-44-24-11-10-23-43(44)47(38-17-5-2-6-18-38)48-42-22-8-7-16-37(42)30-31-46(48)49/h1-32H. The Labute approximate surface area is 324 Å². The Hall–Kier alpha value is -7.74. The van der Waals surface area contributed by atoms with E-state index in [9.17, 15) is 5.26 Å². The molecule has 1 aromatic heterocycles. The van der Waals surface area contributed by atoms with Crippen molar-refractivity contribution < 1.29 is 0 Å². The van der Waals surface area contributed by atoms with Gasteiger partial charge in [0.15, 0.2) is 17.5 Å². The summed E-state index contributed by atoms with van der Waals surface area (Å²) in [4.78, 5) is 16.1. The van der Waals surface area contributed by atoms with Crippen molar-refractivity contribution in [3.63, 3.8) is 0 Å². The monoisotopic (exact) mass is 712 g/mol. The molecule has 0 unspecified atom stereocenters. The lowest BCUT2D eigenvalue weighted by molar-refractivity contribution is 1.08. The Morgan fingerprint density at radius 3 is 1.66 bits per heavy atom. The molecular weight excluding hydrogens is 681 g/mol. The lowest BCUT2D eigenvalue weighted by Crippen LogP contribution is -2.02. The van der Waals surface area contributed by atoms with E-state index in [1.54, 1.807) is 0 Å². The van der Waals surface area contributed by atoms with Crippen molar-refractivity contribution in [1.29, 1.82) is 5.26 Å². The summed E-state index contributed by atoms with van der Waals surface area (Å²) < 4.78 is 0. The van der Waals surface area contributed by atoms with Gasteiger partial charge in [-0.1, -0.05) is 176 Å². The Morgan fingerprint density at radius 2 is 0.911 bits per heavy atom. The predicted molar refractivity (Wildman–Crippen MR) is 230 cm³/mol. The van der Waals surface area contributed by atoms with E-state index in [-0.39, 0.29) is 0 Å². The highest BCUT2D eigenvalue weighted by molar-refractivity contribution is 6.27. The maximum atomic E-state index is 9.41. The molecule has 4 nitrogen and oxygen atoms in total. The van der Waals surface area contributed by atoms with Crippen molar-refractivity contribution in [1.82, 2.24) is 15.0 Å².